The molecule has 1 aliphatic rings. The zero-order chi connectivity index (χ0) is 24.2. The van der Waals surface area contributed by atoms with Crippen molar-refractivity contribution < 1.29 is 13.9 Å². The molecule has 0 spiro atoms. The Morgan fingerprint density at radius 3 is 2.54 bits per heavy atom. The van der Waals surface area contributed by atoms with E-state index >= 15 is 0 Å². The first-order chi connectivity index (χ1) is 17.1. The van der Waals surface area contributed by atoms with Gasteiger partial charge in [0.1, 0.15) is 24.2 Å². The van der Waals surface area contributed by atoms with Crippen molar-refractivity contribution in [2.24, 2.45) is 0 Å². The minimum Gasteiger partial charge on any atom is -0.459 e. The van der Waals surface area contributed by atoms with Crippen LogP contribution in [0.2, 0.25) is 0 Å². The molecule has 2 atom stereocenters. The smallest absolute Gasteiger partial charge is 0.250 e. The third-order valence-electron chi connectivity index (χ3n) is 5.78. The van der Waals surface area contributed by atoms with E-state index < -0.39 is 0 Å². The fourth-order valence-electron chi connectivity index (χ4n) is 4.22. The van der Waals surface area contributed by atoms with Gasteiger partial charge in [-0.2, -0.15) is 0 Å². The molecule has 176 valence electrons. The maximum Gasteiger partial charge on any atom is 0.250 e. The highest BCUT2D eigenvalue weighted by Crippen LogP contribution is 2.43. The van der Waals surface area contributed by atoms with Gasteiger partial charge in [-0.3, -0.25) is 9.78 Å². The van der Waals surface area contributed by atoms with E-state index in [1.54, 1.807) is 6.20 Å². The fraction of sp³-hybridized carbons (Fsp3) is 0.148. The topological polar surface area (TPSA) is 79.6 Å². The third-order valence-corrected chi connectivity index (χ3v) is 6.09. The first-order valence-electron chi connectivity index (χ1n) is 11.2. The zero-order valence-electron chi connectivity index (χ0n) is 19.0. The number of amides is 1. The lowest BCUT2D eigenvalue weighted by molar-refractivity contribution is -0.119. The van der Waals surface area contributed by atoms with Crippen molar-refractivity contribution in [2.75, 3.05) is 23.9 Å². The summed E-state index contributed by atoms with van der Waals surface area (Å²) in [4.78, 5) is 18.5. The van der Waals surface area contributed by atoms with Crippen LogP contribution < -0.4 is 15.5 Å². The largest absolute Gasteiger partial charge is 0.459 e. The maximum absolute atomic E-state index is 11.9. The highest BCUT2D eigenvalue weighted by molar-refractivity contribution is 7.80. The van der Waals surface area contributed by atoms with Gasteiger partial charge in [-0.05, 0) is 60.7 Å². The Morgan fingerprint density at radius 1 is 1.06 bits per heavy atom. The summed E-state index contributed by atoms with van der Waals surface area (Å²) in [6, 6.07) is 26.8. The number of anilines is 2. The van der Waals surface area contributed by atoms with Crippen molar-refractivity contribution >= 4 is 34.6 Å². The predicted octanol–water partition coefficient (Wildman–Crippen LogP) is 5.10. The van der Waals surface area contributed by atoms with E-state index in [0.717, 1.165) is 28.5 Å². The number of methoxy groups -OCH3 is 1. The van der Waals surface area contributed by atoms with Crippen LogP contribution in [-0.2, 0) is 9.53 Å². The zero-order valence-corrected chi connectivity index (χ0v) is 19.9. The number of nitrogens with one attached hydrogen (secondary N) is 2. The molecule has 5 rings (SSSR count). The monoisotopic (exact) mass is 484 g/mol. The average Bonchev–Trinajstić information content (AvgIpc) is 3.50. The molecule has 0 aliphatic carbocycles. The number of aromatic nitrogens is 1. The molecule has 0 radical (unpaired) electrons. The van der Waals surface area contributed by atoms with Gasteiger partial charge >= 0.3 is 0 Å². The molecule has 7 nitrogen and oxygen atoms in total. The summed E-state index contributed by atoms with van der Waals surface area (Å²) in [7, 11) is 1.49. The number of nitrogens with zero attached hydrogens (tertiary/aromatic N) is 2. The molecule has 0 saturated carbocycles. The number of benzene rings is 2. The van der Waals surface area contributed by atoms with Gasteiger partial charge < -0.3 is 24.7 Å². The second kappa shape index (κ2) is 10.1. The first-order valence-corrected chi connectivity index (χ1v) is 11.6. The second-order valence-electron chi connectivity index (χ2n) is 8.09. The Hall–Kier alpha value is -4.01. The van der Waals surface area contributed by atoms with Crippen LogP contribution >= 0.6 is 12.2 Å². The number of carbonyl (C=O) groups excluding carboxylic acids is 1. The van der Waals surface area contributed by atoms with Crippen LogP contribution in [0.3, 0.4) is 0 Å². The van der Waals surface area contributed by atoms with E-state index in [-0.39, 0.29) is 24.6 Å². The molecule has 1 aliphatic heterocycles. The van der Waals surface area contributed by atoms with Crippen LogP contribution in [-0.4, -0.2) is 29.7 Å². The van der Waals surface area contributed by atoms with Crippen molar-refractivity contribution in [3.63, 3.8) is 0 Å². The number of ether oxygens (including phenoxy) is 1. The third kappa shape index (κ3) is 4.80. The van der Waals surface area contributed by atoms with Crippen LogP contribution in [0.15, 0.2) is 95.5 Å². The summed E-state index contributed by atoms with van der Waals surface area (Å²) in [5.41, 5.74) is 3.41. The van der Waals surface area contributed by atoms with E-state index in [4.69, 9.17) is 21.4 Å². The Morgan fingerprint density at radius 2 is 1.83 bits per heavy atom. The molecule has 0 unspecified atom stereocenters. The minimum atomic E-state index is -0.260. The van der Waals surface area contributed by atoms with Gasteiger partial charge in [-0.25, -0.2) is 0 Å². The standard InChI is InChI=1S/C27H24N4O3S/c1-33-17-24(32)29-19-10-12-20(13-11-19)31-26(25(30-27(31)35)21-9-5-6-16-28-21)23-15-14-22(34-23)18-7-3-2-4-8-18/h2-16,25-26H,17H2,1H3,(H,29,32)(H,30,35)/t25-,26-/m0/s1. The first kappa shape index (κ1) is 22.8. The van der Waals surface area contributed by atoms with Crippen LogP contribution in [0, 0.1) is 0 Å². The van der Waals surface area contributed by atoms with E-state index in [9.17, 15) is 4.79 Å². The Balaban J connectivity index is 1.50. The van der Waals surface area contributed by atoms with Crippen LogP contribution in [0.1, 0.15) is 23.5 Å². The van der Waals surface area contributed by atoms with Gasteiger partial charge in [0.15, 0.2) is 5.11 Å². The molecular weight excluding hydrogens is 460 g/mol. The van der Waals surface area contributed by atoms with Crippen molar-refractivity contribution in [1.29, 1.82) is 0 Å². The normalized spacial score (nSPS) is 17.3. The molecule has 4 aromatic rings. The van der Waals surface area contributed by atoms with Gasteiger partial charge in [0.25, 0.3) is 0 Å². The Labute approximate surface area is 208 Å². The molecular formula is C27H24N4O3S. The van der Waals surface area contributed by atoms with Gasteiger partial charge in [-0.15, -0.1) is 0 Å². The van der Waals surface area contributed by atoms with E-state index in [1.165, 1.54) is 7.11 Å². The van der Waals surface area contributed by atoms with E-state index in [1.807, 2.05) is 89.8 Å². The van der Waals surface area contributed by atoms with Gasteiger partial charge in [-0.1, -0.05) is 36.4 Å². The lowest BCUT2D eigenvalue weighted by atomic mass is 10.0. The van der Waals surface area contributed by atoms with E-state index in [2.05, 4.69) is 15.6 Å². The molecule has 35 heavy (non-hydrogen) atoms. The number of pyridine rings is 1. The molecule has 2 aromatic carbocycles. The van der Waals surface area contributed by atoms with Gasteiger partial charge in [0.05, 0.1) is 11.7 Å². The number of furan rings is 1. The van der Waals surface area contributed by atoms with Crippen LogP contribution in [0.5, 0.6) is 0 Å². The average molecular weight is 485 g/mol. The summed E-state index contributed by atoms with van der Waals surface area (Å²) in [6.07, 6.45) is 1.77. The minimum absolute atomic E-state index is 0.00203. The van der Waals surface area contributed by atoms with Crippen LogP contribution in [0.25, 0.3) is 11.3 Å². The second-order valence-corrected chi connectivity index (χ2v) is 8.48. The van der Waals surface area contributed by atoms with Crippen molar-refractivity contribution in [1.82, 2.24) is 10.3 Å². The van der Waals surface area contributed by atoms with Gasteiger partial charge in [0, 0.05) is 30.2 Å². The van der Waals surface area contributed by atoms with Crippen molar-refractivity contribution in [3.05, 3.63) is 103 Å². The number of hydrogen-bond acceptors (Lipinski definition) is 5. The van der Waals surface area contributed by atoms with Crippen molar-refractivity contribution in [3.8, 4) is 11.3 Å². The number of thiocarbonyl (C=S) groups is 1. The number of rotatable bonds is 7. The Bertz CT molecular complexity index is 1310. The molecule has 1 amide bonds. The fourth-order valence-corrected chi connectivity index (χ4v) is 4.57. The van der Waals surface area contributed by atoms with E-state index in [0.29, 0.717) is 10.8 Å². The summed E-state index contributed by atoms with van der Waals surface area (Å²) in [5, 5.41) is 6.81. The highest BCUT2D eigenvalue weighted by Gasteiger charge is 2.42. The molecule has 2 N–H and O–H groups in total. The van der Waals surface area contributed by atoms with Gasteiger partial charge in [0.2, 0.25) is 5.91 Å². The molecule has 2 aromatic heterocycles. The number of hydrogen-bond donors (Lipinski definition) is 2. The molecule has 1 saturated heterocycles. The lowest BCUT2D eigenvalue weighted by Crippen LogP contribution is -2.29. The SMILES string of the molecule is COCC(=O)Nc1ccc(N2C(=S)N[C@@H](c3ccccn3)[C@@H]2c2ccc(-c3ccccc3)o2)cc1. The van der Waals surface area contributed by atoms with Crippen LogP contribution in [0.4, 0.5) is 11.4 Å². The lowest BCUT2D eigenvalue weighted by Gasteiger charge is -2.26. The highest BCUT2D eigenvalue weighted by atomic mass is 32.1. The molecule has 3 heterocycles. The summed E-state index contributed by atoms with van der Waals surface area (Å²) in [5.74, 6) is 1.34. The quantitative estimate of drug-likeness (QED) is 0.353. The van der Waals surface area contributed by atoms with Crippen molar-refractivity contribution in [2.45, 2.75) is 12.1 Å². The predicted molar refractivity (Wildman–Crippen MR) is 139 cm³/mol. The summed E-state index contributed by atoms with van der Waals surface area (Å²) < 4.78 is 11.3. The number of carbonyl (C=O) groups is 1. The molecule has 0 bridgehead atoms. The summed E-state index contributed by atoms with van der Waals surface area (Å²) >= 11 is 5.77. The Kier molecular flexibility index (Phi) is 6.56. The molecule has 8 heteroatoms. The maximum atomic E-state index is 11.9. The summed E-state index contributed by atoms with van der Waals surface area (Å²) in [6.45, 7) is -0.00203. The molecule has 1 fully saturated rings.